The van der Waals surface area contributed by atoms with Crippen molar-refractivity contribution >= 4 is 11.6 Å². The van der Waals surface area contributed by atoms with Crippen molar-refractivity contribution < 1.29 is 28.0 Å². The molecule has 1 aromatic heterocycles. The van der Waals surface area contributed by atoms with Crippen molar-refractivity contribution in [1.82, 2.24) is 15.1 Å². The van der Waals surface area contributed by atoms with Crippen LogP contribution in [0.2, 0.25) is 0 Å². The van der Waals surface area contributed by atoms with Crippen molar-refractivity contribution in [3.8, 4) is 17.2 Å². The lowest BCUT2D eigenvalue weighted by atomic mass is 10.1. The minimum absolute atomic E-state index is 0.0467. The number of nitro benzene ring substituents is 1. The lowest BCUT2D eigenvalue weighted by Crippen LogP contribution is -2.25. The number of aromatic nitrogens is 2. The van der Waals surface area contributed by atoms with Gasteiger partial charge in [-0.3, -0.25) is 14.9 Å². The fraction of sp³-hybridized carbons (Fsp3) is 0.200. The maximum atomic E-state index is 12.5. The topological polar surface area (TPSA) is 109 Å². The van der Waals surface area contributed by atoms with Gasteiger partial charge in [0.1, 0.15) is 0 Å². The van der Waals surface area contributed by atoms with E-state index >= 15 is 0 Å². The minimum atomic E-state index is -2.98. The van der Waals surface area contributed by atoms with E-state index in [1.54, 1.807) is 6.07 Å². The minimum Gasteiger partial charge on any atom is -0.493 e. The molecular formula is C20H18F2N4O5. The molecule has 0 aliphatic heterocycles. The number of carbonyl (C=O) groups excluding carboxylic acids is 1. The lowest BCUT2D eigenvalue weighted by molar-refractivity contribution is -0.384. The molecule has 1 amide bonds. The monoisotopic (exact) mass is 432 g/mol. The van der Waals surface area contributed by atoms with Gasteiger partial charge in [0.15, 0.2) is 11.5 Å². The normalized spacial score (nSPS) is 10.7. The maximum absolute atomic E-state index is 12.5. The van der Waals surface area contributed by atoms with E-state index in [4.69, 9.17) is 4.74 Å². The Balaban J connectivity index is 1.59. The first kappa shape index (κ1) is 21.7. The number of benzene rings is 2. The van der Waals surface area contributed by atoms with E-state index in [1.165, 1.54) is 60.6 Å². The van der Waals surface area contributed by atoms with Crippen LogP contribution in [-0.2, 0) is 6.42 Å². The van der Waals surface area contributed by atoms with Crippen molar-refractivity contribution in [3.63, 3.8) is 0 Å². The number of halogens is 2. The maximum Gasteiger partial charge on any atom is 0.387 e. The molecule has 0 saturated carbocycles. The zero-order chi connectivity index (χ0) is 22.4. The number of non-ortho nitro benzene ring substituents is 1. The number of alkyl halides is 2. The average Bonchev–Trinajstić information content (AvgIpc) is 3.24. The zero-order valence-corrected chi connectivity index (χ0v) is 16.3. The zero-order valence-electron chi connectivity index (χ0n) is 16.3. The fourth-order valence-electron chi connectivity index (χ4n) is 2.80. The molecule has 0 radical (unpaired) electrons. The number of hydrogen-bond donors (Lipinski definition) is 1. The molecule has 1 heterocycles. The Bertz CT molecular complexity index is 1070. The van der Waals surface area contributed by atoms with E-state index in [0.717, 1.165) is 0 Å². The molecule has 0 unspecified atom stereocenters. The number of hydrogen-bond acceptors (Lipinski definition) is 6. The summed E-state index contributed by atoms with van der Waals surface area (Å²) < 4.78 is 35.9. The summed E-state index contributed by atoms with van der Waals surface area (Å²) in [4.78, 5) is 22.6. The average molecular weight is 432 g/mol. The van der Waals surface area contributed by atoms with E-state index in [-0.39, 0.29) is 29.6 Å². The number of amides is 1. The van der Waals surface area contributed by atoms with Gasteiger partial charge < -0.3 is 14.8 Å². The van der Waals surface area contributed by atoms with Gasteiger partial charge in [-0.2, -0.15) is 13.9 Å². The molecular weight excluding hydrogens is 414 g/mol. The second-order valence-corrected chi connectivity index (χ2v) is 6.32. The molecule has 1 N–H and O–H groups in total. The van der Waals surface area contributed by atoms with E-state index in [0.29, 0.717) is 23.2 Å². The second kappa shape index (κ2) is 9.65. The molecule has 162 valence electrons. The molecule has 0 bridgehead atoms. The Labute approximate surface area is 175 Å². The van der Waals surface area contributed by atoms with Crippen molar-refractivity contribution in [2.45, 2.75) is 13.0 Å². The Kier molecular flexibility index (Phi) is 6.75. The van der Waals surface area contributed by atoms with E-state index in [2.05, 4.69) is 15.2 Å². The largest absolute Gasteiger partial charge is 0.493 e. The Morgan fingerprint density at radius 3 is 2.61 bits per heavy atom. The highest BCUT2D eigenvalue weighted by molar-refractivity contribution is 5.93. The number of nitro groups is 1. The van der Waals surface area contributed by atoms with Gasteiger partial charge in [-0.25, -0.2) is 4.68 Å². The third kappa shape index (κ3) is 5.53. The molecule has 9 nitrogen and oxygen atoms in total. The number of carbonyl (C=O) groups is 1. The summed E-state index contributed by atoms with van der Waals surface area (Å²) in [5, 5.41) is 17.5. The van der Waals surface area contributed by atoms with Crippen LogP contribution >= 0.6 is 0 Å². The third-order valence-electron chi connectivity index (χ3n) is 4.31. The van der Waals surface area contributed by atoms with Crippen LogP contribution in [0.25, 0.3) is 5.69 Å². The quantitative estimate of drug-likeness (QED) is 0.410. The molecule has 11 heteroatoms. The lowest BCUT2D eigenvalue weighted by Gasteiger charge is -2.11. The number of nitrogens with zero attached hydrogens (tertiary/aromatic N) is 3. The van der Waals surface area contributed by atoms with Gasteiger partial charge in [-0.05, 0) is 36.2 Å². The predicted molar refractivity (Wildman–Crippen MR) is 106 cm³/mol. The number of rotatable bonds is 9. The van der Waals surface area contributed by atoms with Gasteiger partial charge in [-0.1, -0.05) is 6.07 Å². The van der Waals surface area contributed by atoms with Crippen molar-refractivity contribution in [2.75, 3.05) is 13.7 Å². The van der Waals surface area contributed by atoms with Crippen LogP contribution in [0.1, 0.15) is 15.9 Å². The van der Waals surface area contributed by atoms with Gasteiger partial charge >= 0.3 is 6.61 Å². The summed E-state index contributed by atoms with van der Waals surface area (Å²) in [6.07, 6.45) is 3.25. The smallest absolute Gasteiger partial charge is 0.387 e. The first-order chi connectivity index (χ1) is 14.9. The fourth-order valence-corrected chi connectivity index (χ4v) is 2.80. The van der Waals surface area contributed by atoms with E-state index in [1.807, 2.05) is 0 Å². The number of methoxy groups -OCH3 is 1. The van der Waals surface area contributed by atoms with Crippen LogP contribution in [0.5, 0.6) is 11.5 Å². The summed E-state index contributed by atoms with van der Waals surface area (Å²) in [5.41, 5.74) is 1.50. The van der Waals surface area contributed by atoms with Crippen LogP contribution in [-0.4, -0.2) is 40.9 Å². The van der Waals surface area contributed by atoms with Gasteiger partial charge in [-0.15, -0.1) is 0 Å². The van der Waals surface area contributed by atoms with Gasteiger partial charge in [0, 0.05) is 24.9 Å². The Morgan fingerprint density at radius 2 is 1.97 bits per heavy atom. The number of nitrogens with one attached hydrogen (secondary N) is 1. The molecule has 3 rings (SSSR count). The Hall–Kier alpha value is -4.02. The van der Waals surface area contributed by atoms with Crippen LogP contribution in [0.4, 0.5) is 14.5 Å². The SMILES string of the molecule is COc1ccc(CCNC(=O)c2cnn(-c3ccc([N+](=O)[O-])cc3)c2)cc1OC(F)F. The van der Waals surface area contributed by atoms with Crippen LogP contribution in [0.15, 0.2) is 54.9 Å². The van der Waals surface area contributed by atoms with Crippen molar-refractivity contribution in [3.05, 3.63) is 76.1 Å². The molecule has 2 aromatic carbocycles. The highest BCUT2D eigenvalue weighted by atomic mass is 19.3. The highest BCUT2D eigenvalue weighted by Gasteiger charge is 2.13. The Morgan fingerprint density at radius 1 is 1.23 bits per heavy atom. The molecule has 3 aromatic rings. The third-order valence-corrected chi connectivity index (χ3v) is 4.31. The van der Waals surface area contributed by atoms with Gasteiger partial charge in [0.05, 0.1) is 29.5 Å². The van der Waals surface area contributed by atoms with Crippen LogP contribution in [0.3, 0.4) is 0 Å². The van der Waals surface area contributed by atoms with E-state index in [9.17, 15) is 23.7 Å². The molecule has 0 atom stereocenters. The number of ether oxygens (including phenoxy) is 2. The summed E-state index contributed by atoms with van der Waals surface area (Å²) in [6, 6.07) is 10.4. The summed E-state index contributed by atoms with van der Waals surface area (Å²) in [5.74, 6) is -0.261. The van der Waals surface area contributed by atoms with Crippen molar-refractivity contribution in [2.24, 2.45) is 0 Å². The first-order valence-corrected chi connectivity index (χ1v) is 9.07. The van der Waals surface area contributed by atoms with Crippen molar-refractivity contribution in [1.29, 1.82) is 0 Å². The van der Waals surface area contributed by atoms with Gasteiger partial charge in [0.2, 0.25) is 0 Å². The molecule has 0 saturated heterocycles. The van der Waals surface area contributed by atoms with Gasteiger partial charge in [0.25, 0.3) is 11.6 Å². The summed E-state index contributed by atoms with van der Waals surface area (Å²) in [6.45, 7) is -2.72. The molecule has 0 aliphatic rings. The summed E-state index contributed by atoms with van der Waals surface area (Å²) >= 11 is 0. The molecule has 0 aliphatic carbocycles. The molecule has 0 fully saturated rings. The van der Waals surface area contributed by atoms with Crippen LogP contribution in [0, 0.1) is 10.1 Å². The first-order valence-electron chi connectivity index (χ1n) is 9.07. The highest BCUT2D eigenvalue weighted by Crippen LogP contribution is 2.29. The predicted octanol–water partition coefficient (Wildman–Crippen LogP) is 3.36. The standard InChI is InChI=1S/C20H18F2N4O5/c1-30-17-7-2-13(10-18(17)31-20(21)22)8-9-23-19(27)14-11-24-25(12-14)15-3-5-16(6-4-15)26(28)29/h2-7,10-12,20H,8-9H2,1H3,(H,23,27). The molecule has 0 spiro atoms. The van der Waals surface area contributed by atoms with E-state index < -0.39 is 11.5 Å². The summed E-state index contributed by atoms with van der Waals surface area (Å²) in [7, 11) is 1.35. The molecule has 31 heavy (non-hydrogen) atoms. The van der Waals surface area contributed by atoms with Crippen LogP contribution < -0.4 is 14.8 Å². The second-order valence-electron chi connectivity index (χ2n) is 6.32.